The Morgan fingerprint density at radius 1 is 1.15 bits per heavy atom. The van der Waals surface area contributed by atoms with E-state index in [1.54, 1.807) is 12.1 Å². The van der Waals surface area contributed by atoms with Crippen LogP contribution in [0.25, 0.3) is 0 Å². The molecule has 0 bridgehead atoms. The zero-order valence-electron chi connectivity index (χ0n) is 15.3. The summed E-state index contributed by atoms with van der Waals surface area (Å²) in [5, 5.41) is 2.54. The number of aryl methyl sites for hydroxylation is 1. The van der Waals surface area contributed by atoms with Gasteiger partial charge in [-0.15, -0.1) is 0 Å². The summed E-state index contributed by atoms with van der Waals surface area (Å²) >= 11 is 0. The molecule has 2 aromatic carbocycles. The minimum Gasteiger partial charge on any atom is -0.352 e. The van der Waals surface area contributed by atoms with Crippen LogP contribution in [0.5, 0.6) is 0 Å². The number of carbonyl (C=O) groups is 2. The van der Waals surface area contributed by atoms with Crippen LogP contribution in [-0.2, 0) is 13.0 Å². The minimum absolute atomic E-state index is 0.0117. The zero-order chi connectivity index (χ0) is 18.7. The molecule has 2 aromatic rings. The molecule has 0 saturated carbocycles. The lowest BCUT2D eigenvalue weighted by atomic mass is 9.94. The summed E-state index contributed by atoms with van der Waals surface area (Å²) in [6, 6.07) is 13.2. The first-order chi connectivity index (χ1) is 12.5. The number of nitrogens with two attached hydrogens (primary N) is 1. The first kappa shape index (κ1) is 18.0. The van der Waals surface area contributed by atoms with Crippen LogP contribution in [0.4, 0.5) is 10.5 Å². The zero-order valence-corrected chi connectivity index (χ0v) is 15.3. The van der Waals surface area contributed by atoms with Crippen molar-refractivity contribution in [1.82, 2.24) is 5.32 Å². The van der Waals surface area contributed by atoms with E-state index in [9.17, 15) is 9.59 Å². The average Bonchev–Trinajstić information content (AvgIpc) is 2.65. The van der Waals surface area contributed by atoms with Crippen LogP contribution in [0.2, 0.25) is 0 Å². The summed E-state index contributed by atoms with van der Waals surface area (Å²) < 4.78 is 0. The third-order valence-corrected chi connectivity index (χ3v) is 4.80. The third kappa shape index (κ3) is 3.87. The molecule has 0 unspecified atom stereocenters. The van der Waals surface area contributed by atoms with Gasteiger partial charge in [-0.3, -0.25) is 4.79 Å². The van der Waals surface area contributed by atoms with Crippen LogP contribution in [0.1, 0.15) is 53.2 Å². The Morgan fingerprint density at radius 2 is 1.88 bits per heavy atom. The largest absolute Gasteiger partial charge is 0.352 e. The molecule has 26 heavy (non-hydrogen) atoms. The highest BCUT2D eigenvalue weighted by molar-refractivity contribution is 6.06. The maximum atomic E-state index is 13.0. The molecule has 136 valence electrons. The summed E-state index contributed by atoms with van der Waals surface area (Å²) in [7, 11) is 0. The monoisotopic (exact) mass is 351 g/mol. The molecular formula is C21H25N3O2. The second kappa shape index (κ2) is 7.60. The summed E-state index contributed by atoms with van der Waals surface area (Å²) in [5.74, 6) is 0.491. The number of hydrogen-bond donors (Lipinski definition) is 2. The highest BCUT2D eigenvalue weighted by Gasteiger charge is 2.24. The number of nitrogens with zero attached hydrogens (tertiary/aromatic N) is 1. The van der Waals surface area contributed by atoms with Crippen LogP contribution in [0.3, 0.4) is 0 Å². The molecule has 0 atom stereocenters. The van der Waals surface area contributed by atoms with Gasteiger partial charge in [-0.05, 0) is 53.6 Å². The maximum Gasteiger partial charge on any atom is 0.312 e. The maximum absolute atomic E-state index is 13.0. The number of anilines is 1. The summed E-state index contributed by atoms with van der Waals surface area (Å²) in [6.45, 7) is 5.45. The Morgan fingerprint density at radius 3 is 2.54 bits per heavy atom. The normalized spacial score (nSPS) is 13.4. The fraction of sp³-hybridized carbons (Fsp3) is 0.333. The van der Waals surface area contributed by atoms with Gasteiger partial charge in [0.1, 0.15) is 0 Å². The lowest BCUT2D eigenvalue weighted by Crippen LogP contribution is -2.35. The van der Waals surface area contributed by atoms with E-state index in [2.05, 4.69) is 37.4 Å². The molecule has 5 nitrogen and oxygen atoms in total. The quantitative estimate of drug-likeness (QED) is 0.883. The van der Waals surface area contributed by atoms with Gasteiger partial charge in [0.15, 0.2) is 0 Å². The van der Waals surface area contributed by atoms with Gasteiger partial charge in [0, 0.05) is 24.3 Å². The van der Waals surface area contributed by atoms with Gasteiger partial charge in [0.2, 0.25) is 0 Å². The molecule has 1 aliphatic rings. The Hall–Kier alpha value is -2.82. The molecule has 5 heteroatoms. The lowest BCUT2D eigenvalue weighted by Gasteiger charge is -2.30. The van der Waals surface area contributed by atoms with E-state index in [0.29, 0.717) is 18.0 Å². The Labute approximate surface area is 154 Å². The number of carbonyl (C=O) groups excluding carboxylic acids is 2. The summed E-state index contributed by atoms with van der Waals surface area (Å²) in [4.78, 5) is 25.7. The average molecular weight is 351 g/mol. The van der Waals surface area contributed by atoms with E-state index in [4.69, 9.17) is 5.73 Å². The SMILES string of the molecule is CC(C)c1ccc2c(c1)CCCN2C(=O)c1ccc(CNC(N)=O)cc1. The molecule has 3 N–H and O–H groups in total. The van der Waals surface area contributed by atoms with Crippen LogP contribution in [-0.4, -0.2) is 18.5 Å². The van der Waals surface area contributed by atoms with Crippen molar-refractivity contribution in [3.63, 3.8) is 0 Å². The topological polar surface area (TPSA) is 75.4 Å². The van der Waals surface area contributed by atoms with Crippen molar-refractivity contribution in [1.29, 1.82) is 0 Å². The number of urea groups is 1. The van der Waals surface area contributed by atoms with E-state index >= 15 is 0 Å². The first-order valence-corrected chi connectivity index (χ1v) is 9.02. The van der Waals surface area contributed by atoms with Gasteiger partial charge in [0.25, 0.3) is 5.91 Å². The molecule has 0 radical (unpaired) electrons. The van der Waals surface area contributed by atoms with Crippen LogP contribution >= 0.6 is 0 Å². The molecule has 1 heterocycles. The van der Waals surface area contributed by atoms with Crippen molar-refractivity contribution >= 4 is 17.6 Å². The standard InChI is InChI=1S/C21H25N3O2/c1-14(2)17-9-10-19-18(12-17)4-3-11-24(19)20(25)16-7-5-15(6-8-16)13-23-21(22)26/h5-10,12,14H,3-4,11,13H2,1-2H3,(H3,22,23,26). The molecule has 0 spiro atoms. The van der Waals surface area contributed by atoms with Crippen molar-refractivity contribution < 1.29 is 9.59 Å². The van der Waals surface area contributed by atoms with E-state index in [1.807, 2.05) is 17.0 Å². The van der Waals surface area contributed by atoms with Gasteiger partial charge in [-0.1, -0.05) is 38.1 Å². The molecule has 0 fully saturated rings. The smallest absolute Gasteiger partial charge is 0.312 e. The number of benzene rings is 2. The Kier molecular flexibility index (Phi) is 5.26. The van der Waals surface area contributed by atoms with Crippen molar-refractivity contribution in [2.45, 2.75) is 39.2 Å². The lowest BCUT2D eigenvalue weighted by molar-refractivity contribution is 0.0985. The van der Waals surface area contributed by atoms with Gasteiger partial charge >= 0.3 is 6.03 Å². The first-order valence-electron chi connectivity index (χ1n) is 9.02. The van der Waals surface area contributed by atoms with Gasteiger partial charge in [-0.25, -0.2) is 4.79 Å². The highest BCUT2D eigenvalue weighted by Crippen LogP contribution is 2.31. The van der Waals surface area contributed by atoms with Crippen molar-refractivity contribution in [3.8, 4) is 0 Å². The van der Waals surface area contributed by atoms with Crippen molar-refractivity contribution in [2.24, 2.45) is 5.73 Å². The predicted octanol–water partition coefficient (Wildman–Crippen LogP) is 3.57. The molecule has 0 aliphatic carbocycles. The van der Waals surface area contributed by atoms with Crippen molar-refractivity contribution in [3.05, 3.63) is 64.7 Å². The van der Waals surface area contributed by atoms with Crippen molar-refractivity contribution in [2.75, 3.05) is 11.4 Å². The molecule has 1 aliphatic heterocycles. The minimum atomic E-state index is -0.559. The molecule has 3 amide bonds. The molecule has 0 aromatic heterocycles. The van der Waals surface area contributed by atoms with Gasteiger partial charge in [-0.2, -0.15) is 0 Å². The van der Waals surface area contributed by atoms with Gasteiger partial charge < -0.3 is 16.0 Å². The Balaban J connectivity index is 1.80. The summed E-state index contributed by atoms with van der Waals surface area (Å²) in [6.07, 6.45) is 1.98. The van der Waals surface area contributed by atoms with Crippen LogP contribution in [0, 0.1) is 0 Å². The predicted molar refractivity (Wildman–Crippen MR) is 103 cm³/mol. The van der Waals surface area contributed by atoms with E-state index in [0.717, 1.165) is 30.6 Å². The van der Waals surface area contributed by atoms with E-state index in [-0.39, 0.29) is 5.91 Å². The van der Waals surface area contributed by atoms with Crippen LogP contribution < -0.4 is 16.0 Å². The van der Waals surface area contributed by atoms with Crippen LogP contribution in [0.15, 0.2) is 42.5 Å². The third-order valence-electron chi connectivity index (χ3n) is 4.80. The number of primary amides is 1. The fourth-order valence-corrected chi connectivity index (χ4v) is 3.30. The Bertz CT molecular complexity index is 813. The number of hydrogen-bond acceptors (Lipinski definition) is 2. The van der Waals surface area contributed by atoms with Gasteiger partial charge in [0.05, 0.1) is 0 Å². The second-order valence-corrected chi connectivity index (χ2v) is 7.02. The molecular weight excluding hydrogens is 326 g/mol. The fourth-order valence-electron chi connectivity index (χ4n) is 3.30. The summed E-state index contributed by atoms with van der Waals surface area (Å²) in [5.41, 5.74) is 10.2. The highest BCUT2D eigenvalue weighted by atomic mass is 16.2. The van der Waals surface area contributed by atoms with E-state index < -0.39 is 6.03 Å². The van der Waals surface area contributed by atoms with E-state index in [1.165, 1.54) is 11.1 Å². The number of rotatable bonds is 4. The number of amides is 3. The molecule has 3 rings (SSSR count). The number of nitrogens with one attached hydrogen (secondary N) is 1. The number of fused-ring (bicyclic) bond motifs is 1. The second-order valence-electron chi connectivity index (χ2n) is 7.02. The molecule has 0 saturated heterocycles.